The van der Waals surface area contributed by atoms with Gasteiger partial charge in [0, 0.05) is 6.54 Å². The fraction of sp³-hybridized carbons (Fsp3) is 1.00. The first-order chi connectivity index (χ1) is 7.71. The van der Waals surface area contributed by atoms with Crippen LogP contribution < -0.4 is 5.73 Å². The second kappa shape index (κ2) is 10.1. The fourth-order valence-corrected chi connectivity index (χ4v) is 2.14. The summed E-state index contributed by atoms with van der Waals surface area (Å²) >= 11 is 0. The van der Waals surface area contributed by atoms with E-state index in [1.807, 2.05) is 0 Å². The van der Waals surface area contributed by atoms with Crippen LogP contribution in [0.25, 0.3) is 0 Å². The maximum Gasteiger partial charge on any atom is 0.000934 e. The van der Waals surface area contributed by atoms with E-state index in [0.717, 1.165) is 18.4 Å². The summed E-state index contributed by atoms with van der Waals surface area (Å²) in [5, 5.41) is 0. The van der Waals surface area contributed by atoms with Gasteiger partial charge < -0.3 is 10.6 Å². The van der Waals surface area contributed by atoms with Gasteiger partial charge in [-0.15, -0.1) is 0 Å². The van der Waals surface area contributed by atoms with E-state index in [9.17, 15) is 0 Å². The topological polar surface area (TPSA) is 29.3 Å². The van der Waals surface area contributed by atoms with Crippen molar-refractivity contribution < 1.29 is 0 Å². The Morgan fingerprint density at radius 2 is 1.50 bits per heavy atom. The highest BCUT2D eigenvalue weighted by molar-refractivity contribution is 4.66. The van der Waals surface area contributed by atoms with Gasteiger partial charge in [-0.1, -0.05) is 47.0 Å². The monoisotopic (exact) mass is 228 g/mol. The van der Waals surface area contributed by atoms with Crippen LogP contribution in [0.5, 0.6) is 0 Å². The predicted octanol–water partition coefficient (Wildman–Crippen LogP) is 3.12. The molecule has 0 heterocycles. The van der Waals surface area contributed by atoms with Crippen LogP contribution in [0.1, 0.15) is 53.4 Å². The molecular weight excluding hydrogens is 196 g/mol. The second-order valence-electron chi connectivity index (χ2n) is 4.87. The Morgan fingerprint density at radius 3 is 1.88 bits per heavy atom. The summed E-state index contributed by atoms with van der Waals surface area (Å²) in [4.78, 5) is 2.59. The van der Waals surface area contributed by atoms with Crippen molar-refractivity contribution in [3.8, 4) is 0 Å². The summed E-state index contributed by atoms with van der Waals surface area (Å²) in [6.07, 6.45) is 5.10. The molecule has 0 fully saturated rings. The minimum atomic E-state index is 0.718. The zero-order valence-electron chi connectivity index (χ0n) is 11.8. The third kappa shape index (κ3) is 6.49. The smallest absolute Gasteiger partial charge is 0.000934 e. The summed E-state index contributed by atoms with van der Waals surface area (Å²) in [7, 11) is 0. The number of rotatable bonds is 10. The van der Waals surface area contributed by atoms with Gasteiger partial charge in [0.05, 0.1) is 0 Å². The molecule has 98 valence electrons. The molecule has 0 aromatic rings. The predicted molar refractivity (Wildman–Crippen MR) is 73.6 cm³/mol. The molecule has 1 unspecified atom stereocenters. The van der Waals surface area contributed by atoms with E-state index >= 15 is 0 Å². The molecule has 0 saturated carbocycles. The average Bonchev–Trinajstić information content (AvgIpc) is 2.34. The molecule has 0 aliphatic heterocycles. The molecule has 0 saturated heterocycles. The summed E-state index contributed by atoms with van der Waals surface area (Å²) in [5.74, 6) is 1.59. The highest BCUT2D eigenvalue weighted by Gasteiger charge is 2.11. The Labute approximate surface area is 103 Å². The molecule has 0 aromatic carbocycles. The molecular formula is C14H32N2. The molecule has 0 bridgehead atoms. The van der Waals surface area contributed by atoms with Crippen LogP contribution in [0, 0.1) is 11.8 Å². The Balaban J connectivity index is 3.90. The van der Waals surface area contributed by atoms with E-state index in [-0.39, 0.29) is 0 Å². The lowest BCUT2D eigenvalue weighted by Crippen LogP contribution is -2.32. The van der Waals surface area contributed by atoms with Crippen molar-refractivity contribution in [2.24, 2.45) is 17.6 Å². The standard InChI is InChI=1S/C14H32N2/c1-5-13(6-2)12-16(8-4)10-9-14(7-3)11-15/h13-14H,5-12,15H2,1-4H3. The third-order valence-corrected chi connectivity index (χ3v) is 3.88. The van der Waals surface area contributed by atoms with Crippen LogP contribution in [0.2, 0.25) is 0 Å². The first kappa shape index (κ1) is 15.9. The summed E-state index contributed by atoms with van der Waals surface area (Å²) in [6.45, 7) is 13.6. The second-order valence-corrected chi connectivity index (χ2v) is 4.87. The maximum atomic E-state index is 5.75. The number of hydrogen-bond acceptors (Lipinski definition) is 2. The van der Waals surface area contributed by atoms with E-state index < -0.39 is 0 Å². The SMILES string of the molecule is CCC(CN)CCN(CC)CC(CC)CC. The highest BCUT2D eigenvalue weighted by atomic mass is 15.1. The Morgan fingerprint density at radius 1 is 0.938 bits per heavy atom. The van der Waals surface area contributed by atoms with Crippen molar-refractivity contribution in [2.45, 2.75) is 53.4 Å². The maximum absolute atomic E-state index is 5.75. The molecule has 1 atom stereocenters. The number of hydrogen-bond donors (Lipinski definition) is 1. The lowest BCUT2D eigenvalue weighted by Gasteiger charge is -2.26. The van der Waals surface area contributed by atoms with E-state index in [0.29, 0.717) is 0 Å². The molecule has 2 N–H and O–H groups in total. The number of nitrogens with two attached hydrogens (primary N) is 1. The van der Waals surface area contributed by atoms with Gasteiger partial charge in [-0.2, -0.15) is 0 Å². The summed E-state index contributed by atoms with van der Waals surface area (Å²) < 4.78 is 0. The lowest BCUT2D eigenvalue weighted by molar-refractivity contribution is 0.218. The van der Waals surface area contributed by atoms with Gasteiger partial charge in [0.1, 0.15) is 0 Å². The van der Waals surface area contributed by atoms with E-state index in [4.69, 9.17) is 5.73 Å². The Bertz CT molecular complexity index is 140. The van der Waals surface area contributed by atoms with Gasteiger partial charge in [-0.3, -0.25) is 0 Å². The third-order valence-electron chi connectivity index (χ3n) is 3.88. The van der Waals surface area contributed by atoms with Crippen LogP contribution >= 0.6 is 0 Å². The molecule has 16 heavy (non-hydrogen) atoms. The minimum absolute atomic E-state index is 0.718. The molecule has 0 amide bonds. The zero-order valence-corrected chi connectivity index (χ0v) is 11.8. The van der Waals surface area contributed by atoms with Crippen molar-refractivity contribution in [1.82, 2.24) is 4.90 Å². The van der Waals surface area contributed by atoms with Crippen LogP contribution in [0.4, 0.5) is 0 Å². The Hall–Kier alpha value is -0.0800. The normalized spacial score (nSPS) is 13.7. The highest BCUT2D eigenvalue weighted by Crippen LogP contribution is 2.12. The van der Waals surface area contributed by atoms with Crippen LogP contribution in [0.15, 0.2) is 0 Å². The molecule has 0 aliphatic carbocycles. The van der Waals surface area contributed by atoms with Crippen molar-refractivity contribution in [1.29, 1.82) is 0 Å². The van der Waals surface area contributed by atoms with Crippen molar-refractivity contribution >= 4 is 0 Å². The van der Waals surface area contributed by atoms with Crippen molar-refractivity contribution in [3.63, 3.8) is 0 Å². The van der Waals surface area contributed by atoms with Gasteiger partial charge >= 0.3 is 0 Å². The van der Waals surface area contributed by atoms with Gasteiger partial charge in [0.2, 0.25) is 0 Å². The van der Waals surface area contributed by atoms with Crippen molar-refractivity contribution in [2.75, 3.05) is 26.2 Å². The first-order valence-electron chi connectivity index (χ1n) is 7.13. The molecule has 2 heteroatoms. The van der Waals surface area contributed by atoms with E-state index in [1.165, 1.54) is 45.3 Å². The molecule has 0 aromatic heterocycles. The molecule has 0 spiro atoms. The first-order valence-corrected chi connectivity index (χ1v) is 7.13. The van der Waals surface area contributed by atoms with Gasteiger partial charge in [-0.25, -0.2) is 0 Å². The van der Waals surface area contributed by atoms with E-state index in [2.05, 4.69) is 32.6 Å². The summed E-state index contributed by atoms with van der Waals surface area (Å²) in [5.41, 5.74) is 5.75. The Kier molecular flexibility index (Phi) is 10.0. The molecule has 0 aliphatic rings. The number of nitrogens with zero attached hydrogens (tertiary/aromatic N) is 1. The van der Waals surface area contributed by atoms with Crippen LogP contribution in [-0.4, -0.2) is 31.1 Å². The average molecular weight is 228 g/mol. The fourth-order valence-electron chi connectivity index (χ4n) is 2.14. The largest absolute Gasteiger partial charge is 0.330 e. The van der Waals surface area contributed by atoms with Gasteiger partial charge in [-0.05, 0) is 37.9 Å². The van der Waals surface area contributed by atoms with Crippen LogP contribution in [-0.2, 0) is 0 Å². The lowest BCUT2D eigenvalue weighted by atomic mass is 10.0. The summed E-state index contributed by atoms with van der Waals surface area (Å²) in [6, 6.07) is 0. The molecule has 0 radical (unpaired) electrons. The molecule has 2 nitrogen and oxygen atoms in total. The minimum Gasteiger partial charge on any atom is -0.330 e. The zero-order chi connectivity index (χ0) is 12.4. The molecule has 0 rings (SSSR count). The quantitative estimate of drug-likeness (QED) is 0.622. The van der Waals surface area contributed by atoms with Gasteiger partial charge in [0.25, 0.3) is 0 Å². The van der Waals surface area contributed by atoms with Crippen molar-refractivity contribution in [3.05, 3.63) is 0 Å². The van der Waals surface area contributed by atoms with Gasteiger partial charge in [0.15, 0.2) is 0 Å². The van der Waals surface area contributed by atoms with E-state index in [1.54, 1.807) is 0 Å². The van der Waals surface area contributed by atoms with Crippen LogP contribution in [0.3, 0.4) is 0 Å².